The van der Waals surface area contributed by atoms with E-state index >= 15 is 0 Å². The molecule has 152 valence electrons. The van der Waals surface area contributed by atoms with Gasteiger partial charge in [-0.05, 0) is 37.3 Å². The Balaban J connectivity index is 1.58. The highest BCUT2D eigenvalue weighted by Gasteiger charge is 2.09. The molecule has 3 N–H and O–H groups in total. The van der Waals surface area contributed by atoms with Crippen LogP contribution in [-0.2, 0) is 0 Å². The highest BCUT2D eigenvalue weighted by molar-refractivity contribution is 6.00. The number of hydrazone groups is 1. The van der Waals surface area contributed by atoms with Gasteiger partial charge in [0.15, 0.2) is 0 Å². The van der Waals surface area contributed by atoms with Crippen LogP contribution in [0.25, 0.3) is 10.9 Å². The van der Waals surface area contributed by atoms with E-state index in [4.69, 9.17) is 0 Å². The van der Waals surface area contributed by atoms with Crippen LogP contribution in [0.15, 0.2) is 53.6 Å². The summed E-state index contributed by atoms with van der Waals surface area (Å²) in [6.07, 6.45) is 1.74. The van der Waals surface area contributed by atoms with Crippen LogP contribution in [0.4, 0.5) is 27.9 Å². The van der Waals surface area contributed by atoms with Crippen molar-refractivity contribution in [1.82, 2.24) is 19.9 Å². The van der Waals surface area contributed by atoms with Crippen molar-refractivity contribution >= 4 is 40.6 Å². The normalized spacial score (nSPS) is 11.2. The number of aromatic nitrogens is 4. The van der Waals surface area contributed by atoms with Gasteiger partial charge in [-0.3, -0.25) is 0 Å². The first-order valence-electron chi connectivity index (χ1n) is 9.32. The monoisotopic (exact) mass is 404 g/mol. The lowest BCUT2D eigenvalue weighted by molar-refractivity contribution is 0.628. The number of aromatic amines is 1. The van der Waals surface area contributed by atoms with Crippen LogP contribution in [0.5, 0.6) is 0 Å². The Morgan fingerprint density at radius 2 is 1.73 bits per heavy atom. The number of nitrogens with zero attached hydrogens (tertiary/aromatic N) is 5. The van der Waals surface area contributed by atoms with Crippen molar-refractivity contribution in [3.63, 3.8) is 0 Å². The van der Waals surface area contributed by atoms with Crippen LogP contribution in [0.2, 0.25) is 0 Å². The van der Waals surface area contributed by atoms with Gasteiger partial charge >= 0.3 is 0 Å². The van der Waals surface area contributed by atoms with Crippen molar-refractivity contribution in [2.45, 2.75) is 6.92 Å². The predicted octanol–water partition coefficient (Wildman–Crippen LogP) is 4.06. The number of aryl methyl sites for hydroxylation is 1. The third-order valence-electron chi connectivity index (χ3n) is 4.43. The topological polar surface area (TPSA) is 94.1 Å². The maximum absolute atomic E-state index is 13.1. The molecule has 4 rings (SSSR count). The van der Waals surface area contributed by atoms with Gasteiger partial charge in [0, 0.05) is 41.9 Å². The molecular weight excluding hydrogens is 383 g/mol. The number of H-pyrrole nitrogens is 1. The molecule has 4 aromatic rings. The van der Waals surface area contributed by atoms with E-state index in [0.717, 1.165) is 22.2 Å². The molecule has 0 spiro atoms. The van der Waals surface area contributed by atoms with Crippen LogP contribution in [-0.4, -0.2) is 40.2 Å². The summed E-state index contributed by atoms with van der Waals surface area (Å²) in [7, 11) is 3.67. The van der Waals surface area contributed by atoms with Crippen molar-refractivity contribution in [2.75, 3.05) is 29.7 Å². The van der Waals surface area contributed by atoms with Gasteiger partial charge in [0.25, 0.3) is 0 Å². The van der Waals surface area contributed by atoms with Crippen molar-refractivity contribution in [3.05, 3.63) is 65.6 Å². The van der Waals surface area contributed by atoms with Crippen LogP contribution >= 0.6 is 0 Å². The minimum atomic E-state index is -0.311. The standard InChI is InChI=1S/C21H21FN8/c1-13-17(16-6-4-5-7-18(16)24-13)12-23-29-20-26-19(27-21(28-20)30(2)3)25-15-10-8-14(22)9-11-15/h4-12,24H,1-3H3,(H2,25,26,27,28,29)/b23-12-. The lowest BCUT2D eigenvalue weighted by atomic mass is 10.1. The van der Waals surface area contributed by atoms with E-state index in [0.29, 0.717) is 17.6 Å². The van der Waals surface area contributed by atoms with E-state index in [9.17, 15) is 4.39 Å². The van der Waals surface area contributed by atoms with Gasteiger partial charge in [0.1, 0.15) is 5.82 Å². The quantitative estimate of drug-likeness (QED) is 0.331. The number of benzene rings is 2. The van der Waals surface area contributed by atoms with Crippen molar-refractivity contribution < 1.29 is 4.39 Å². The smallest absolute Gasteiger partial charge is 0.250 e. The molecule has 0 bridgehead atoms. The predicted molar refractivity (Wildman–Crippen MR) is 118 cm³/mol. The number of hydrogen-bond donors (Lipinski definition) is 3. The maximum Gasteiger partial charge on any atom is 0.250 e. The highest BCUT2D eigenvalue weighted by atomic mass is 19.1. The Labute approximate surface area is 172 Å². The van der Waals surface area contributed by atoms with Crippen LogP contribution < -0.4 is 15.6 Å². The zero-order valence-corrected chi connectivity index (χ0v) is 16.8. The van der Waals surface area contributed by atoms with E-state index < -0.39 is 0 Å². The van der Waals surface area contributed by atoms with Crippen molar-refractivity contribution in [3.8, 4) is 0 Å². The average molecular weight is 404 g/mol. The summed E-state index contributed by atoms with van der Waals surface area (Å²) in [5, 5.41) is 8.45. The van der Waals surface area contributed by atoms with E-state index in [2.05, 4.69) is 35.8 Å². The van der Waals surface area contributed by atoms with Crippen LogP contribution in [0, 0.1) is 12.7 Å². The first kappa shape index (κ1) is 19.3. The Morgan fingerprint density at radius 3 is 2.50 bits per heavy atom. The first-order valence-corrected chi connectivity index (χ1v) is 9.32. The summed E-state index contributed by atoms with van der Waals surface area (Å²) in [5.41, 5.74) is 6.60. The zero-order chi connectivity index (χ0) is 21.1. The van der Waals surface area contributed by atoms with Gasteiger partial charge in [-0.15, -0.1) is 0 Å². The maximum atomic E-state index is 13.1. The molecule has 0 saturated carbocycles. The van der Waals surface area contributed by atoms with Crippen molar-refractivity contribution in [1.29, 1.82) is 0 Å². The summed E-state index contributed by atoms with van der Waals surface area (Å²) < 4.78 is 13.1. The molecule has 8 nitrogen and oxygen atoms in total. The molecule has 0 aliphatic rings. The number of rotatable bonds is 6. The number of halogens is 1. The molecule has 2 heterocycles. The molecular formula is C21H21FN8. The second-order valence-corrected chi connectivity index (χ2v) is 6.89. The lowest BCUT2D eigenvalue weighted by Crippen LogP contribution is -2.15. The SMILES string of the molecule is Cc1[nH]c2ccccc2c1/C=N\Nc1nc(Nc2ccc(F)cc2)nc(N(C)C)n1. The zero-order valence-electron chi connectivity index (χ0n) is 16.8. The fourth-order valence-corrected chi connectivity index (χ4v) is 2.95. The molecule has 0 atom stereocenters. The van der Waals surface area contributed by atoms with Gasteiger partial charge in [0.2, 0.25) is 17.8 Å². The van der Waals surface area contributed by atoms with E-state index in [1.54, 1.807) is 23.2 Å². The van der Waals surface area contributed by atoms with Gasteiger partial charge in [-0.1, -0.05) is 18.2 Å². The number of fused-ring (bicyclic) bond motifs is 1. The van der Waals surface area contributed by atoms with E-state index in [-0.39, 0.29) is 11.8 Å². The molecule has 0 aliphatic heterocycles. The van der Waals surface area contributed by atoms with E-state index in [1.807, 2.05) is 45.3 Å². The van der Waals surface area contributed by atoms with Gasteiger partial charge in [0.05, 0.1) is 6.21 Å². The van der Waals surface area contributed by atoms with Crippen LogP contribution in [0.1, 0.15) is 11.3 Å². The van der Waals surface area contributed by atoms with E-state index in [1.165, 1.54) is 12.1 Å². The summed E-state index contributed by atoms with van der Waals surface area (Å²) in [6, 6.07) is 14.0. The van der Waals surface area contributed by atoms with Gasteiger partial charge in [-0.2, -0.15) is 20.1 Å². The summed E-state index contributed by atoms with van der Waals surface area (Å²) >= 11 is 0. The number of hydrogen-bond acceptors (Lipinski definition) is 7. The van der Waals surface area contributed by atoms with Gasteiger partial charge < -0.3 is 15.2 Å². The lowest BCUT2D eigenvalue weighted by Gasteiger charge is -2.13. The van der Waals surface area contributed by atoms with Crippen molar-refractivity contribution in [2.24, 2.45) is 5.10 Å². The molecule has 0 unspecified atom stereocenters. The Kier molecular flexibility index (Phi) is 5.25. The first-order chi connectivity index (χ1) is 14.5. The molecule has 2 aromatic heterocycles. The van der Waals surface area contributed by atoms with Crippen LogP contribution in [0.3, 0.4) is 0 Å². The Morgan fingerprint density at radius 1 is 1.00 bits per heavy atom. The number of anilines is 4. The minimum Gasteiger partial charge on any atom is -0.358 e. The molecule has 0 saturated heterocycles. The summed E-state index contributed by atoms with van der Waals surface area (Å²) in [5.74, 6) is 0.748. The molecule has 0 fully saturated rings. The third kappa shape index (κ3) is 4.19. The Bertz CT molecular complexity index is 1200. The second-order valence-electron chi connectivity index (χ2n) is 6.89. The number of nitrogens with one attached hydrogen (secondary N) is 3. The second kappa shape index (κ2) is 8.16. The average Bonchev–Trinajstić information content (AvgIpc) is 3.05. The summed E-state index contributed by atoms with van der Waals surface area (Å²) in [6.45, 7) is 2.00. The highest BCUT2D eigenvalue weighted by Crippen LogP contribution is 2.20. The molecule has 0 amide bonds. The Hall–Kier alpha value is -4.01. The molecule has 30 heavy (non-hydrogen) atoms. The largest absolute Gasteiger partial charge is 0.358 e. The summed E-state index contributed by atoms with van der Waals surface area (Å²) in [4.78, 5) is 18.2. The molecule has 2 aromatic carbocycles. The fourth-order valence-electron chi connectivity index (χ4n) is 2.95. The fraction of sp³-hybridized carbons (Fsp3) is 0.143. The number of para-hydroxylation sites is 1. The molecule has 0 radical (unpaired) electrons. The molecule has 0 aliphatic carbocycles. The van der Waals surface area contributed by atoms with Gasteiger partial charge in [-0.25, -0.2) is 9.82 Å². The minimum absolute atomic E-state index is 0.284. The third-order valence-corrected chi connectivity index (χ3v) is 4.43. The molecule has 9 heteroatoms.